The molecule has 1 heterocycles. The van der Waals surface area contributed by atoms with Crippen LogP contribution in [0.2, 0.25) is 0 Å². The van der Waals surface area contributed by atoms with Crippen LogP contribution in [0, 0.1) is 4.91 Å². The number of rotatable bonds is 7. The average Bonchev–Trinajstić information content (AvgIpc) is 2.85. The van der Waals surface area contributed by atoms with Crippen LogP contribution in [0.25, 0.3) is 0 Å². The van der Waals surface area contributed by atoms with E-state index in [0.29, 0.717) is 11.4 Å². The van der Waals surface area contributed by atoms with Gasteiger partial charge in [0.1, 0.15) is 0 Å². The summed E-state index contributed by atoms with van der Waals surface area (Å²) in [4.78, 5) is 38.5. The van der Waals surface area contributed by atoms with Gasteiger partial charge in [0.2, 0.25) is 5.90 Å². The molecule has 9 heteroatoms. The fourth-order valence-electron chi connectivity index (χ4n) is 2.30. The van der Waals surface area contributed by atoms with Gasteiger partial charge in [0.05, 0.1) is 11.5 Å². The summed E-state index contributed by atoms with van der Waals surface area (Å²) >= 11 is 4.18. The number of carboxylic acid groups (broad SMARTS) is 1. The molecule has 8 nitrogen and oxygen atoms in total. The molecule has 1 N–H and O–H groups in total. The Morgan fingerprint density at radius 2 is 2.08 bits per heavy atom. The van der Waals surface area contributed by atoms with Gasteiger partial charge in [0.25, 0.3) is 0 Å². The van der Waals surface area contributed by atoms with Gasteiger partial charge in [-0.25, -0.2) is 19.6 Å². The molecule has 1 aromatic carbocycles. The van der Waals surface area contributed by atoms with Crippen molar-refractivity contribution < 1.29 is 19.4 Å². The molecule has 0 spiro atoms. The lowest BCUT2D eigenvalue weighted by Gasteiger charge is -2.30. The molecule has 2 rings (SSSR count). The Balaban J connectivity index is 2.26. The minimum absolute atomic E-state index is 0.158. The Kier molecular flexibility index (Phi) is 5.58. The quantitative estimate of drug-likeness (QED) is 0.253. The number of hydrogen-bond donors (Lipinski definition) is 2. The van der Waals surface area contributed by atoms with E-state index in [-0.39, 0.29) is 11.6 Å². The van der Waals surface area contributed by atoms with E-state index < -0.39 is 22.7 Å². The van der Waals surface area contributed by atoms with E-state index in [4.69, 9.17) is 4.74 Å². The van der Waals surface area contributed by atoms with Gasteiger partial charge in [-0.1, -0.05) is 30.3 Å². The molecule has 1 aromatic rings. The number of nitroso groups, excluding NO2 is 1. The summed E-state index contributed by atoms with van der Waals surface area (Å²) < 4.78 is 3.95. The molecule has 0 bridgehead atoms. The Morgan fingerprint density at radius 1 is 1.44 bits per heavy atom. The molecule has 132 valence electrons. The van der Waals surface area contributed by atoms with Crippen molar-refractivity contribution in [1.29, 1.82) is 0 Å². The number of carbonyl (C=O) groups excluding carboxylic acids is 1. The van der Waals surface area contributed by atoms with Crippen LogP contribution in [0.1, 0.15) is 19.4 Å². The van der Waals surface area contributed by atoms with Crippen molar-refractivity contribution in [3.05, 3.63) is 52.7 Å². The summed E-state index contributed by atoms with van der Waals surface area (Å²) in [6.45, 7) is 3.03. The highest BCUT2D eigenvalue weighted by molar-refractivity contribution is 7.81. The highest BCUT2D eigenvalue weighted by Gasteiger charge is 2.38. The number of thiol groups is 1. The summed E-state index contributed by atoms with van der Waals surface area (Å²) in [6.07, 6.45) is 1.25. The number of carboxylic acids is 1. The summed E-state index contributed by atoms with van der Waals surface area (Å²) in [5.74, 6) is -1.93. The molecule has 1 aliphatic heterocycles. The molecule has 1 atom stereocenters. The lowest BCUT2D eigenvalue weighted by Crippen LogP contribution is -2.47. The number of aliphatic carboxylic acids is 1. The summed E-state index contributed by atoms with van der Waals surface area (Å²) in [5.41, 5.74) is 0.690. The molecule has 0 aromatic heterocycles. The first-order valence-corrected chi connectivity index (χ1v) is 7.79. The zero-order valence-corrected chi connectivity index (χ0v) is 14.5. The van der Waals surface area contributed by atoms with Gasteiger partial charge < -0.3 is 9.84 Å². The third kappa shape index (κ3) is 4.66. The van der Waals surface area contributed by atoms with Crippen molar-refractivity contribution in [2.45, 2.75) is 31.1 Å². The minimum Gasteiger partial charge on any atom is -0.480 e. The first-order chi connectivity index (χ1) is 11.7. The summed E-state index contributed by atoms with van der Waals surface area (Å²) in [5, 5.41) is 12.6. The van der Waals surface area contributed by atoms with Crippen LogP contribution in [0.4, 0.5) is 0 Å². The van der Waals surface area contributed by atoms with Crippen LogP contribution in [-0.4, -0.2) is 38.7 Å². The van der Waals surface area contributed by atoms with E-state index in [1.807, 2.05) is 30.3 Å². The summed E-state index contributed by atoms with van der Waals surface area (Å²) in [6, 6.07) is 7.85. The van der Waals surface area contributed by atoms with Crippen LogP contribution >= 0.6 is 12.6 Å². The van der Waals surface area contributed by atoms with Gasteiger partial charge in [-0.05, 0) is 19.4 Å². The largest absolute Gasteiger partial charge is 0.480 e. The molecule has 0 fully saturated rings. The molecule has 0 amide bonds. The zero-order chi connectivity index (χ0) is 18.6. The number of nitrogens with zero attached hydrogens (tertiary/aromatic N) is 3. The van der Waals surface area contributed by atoms with Gasteiger partial charge in [0.15, 0.2) is 11.7 Å². The number of esters is 1. The second kappa shape index (κ2) is 7.47. The van der Waals surface area contributed by atoms with Crippen molar-refractivity contribution in [2.75, 3.05) is 0 Å². The van der Waals surface area contributed by atoms with Crippen molar-refractivity contribution in [3.63, 3.8) is 0 Å². The highest BCUT2D eigenvalue weighted by Crippen LogP contribution is 2.25. The predicted molar refractivity (Wildman–Crippen MR) is 93.9 cm³/mol. The monoisotopic (exact) mass is 363 g/mol. The number of benzene rings is 1. The number of carbonyl (C=O) groups is 2. The van der Waals surface area contributed by atoms with Gasteiger partial charge in [-0.3, -0.25) is 0 Å². The Hall–Kier alpha value is -2.68. The third-order valence-corrected chi connectivity index (χ3v) is 3.62. The normalized spacial score (nSPS) is 17.0. The van der Waals surface area contributed by atoms with E-state index in [0.717, 1.165) is 11.8 Å². The molecule has 0 saturated heterocycles. The van der Waals surface area contributed by atoms with Crippen LogP contribution in [0.5, 0.6) is 0 Å². The second-order valence-electron chi connectivity index (χ2n) is 5.93. The zero-order valence-electron chi connectivity index (χ0n) is 13.6. The fraction of sp³-hybridized carbons (Fsp3) is 0.312. The topological polar surface area (TPSA) is 109 Å². The lowest BCUT2D eigenvalue weighted by atomic mass is 10.0. The number of ether oxygens (including phenoxy) is 1. The molecule has 0 aliphatic carbocycles. The van der Waals surface area contributed by atoms with Gasteiger partial charge in [-0.15, -0.1) is 4.91 Å². The fourth-order valence-corrected chi connectivity index (χ4v) is 2.53. The maximum Gasteiger partial charge on any atom is 0.365 e. The minimum atomic E-state index is -1.39. The maximum atomic E-state index is 11.9. The Labute approximate surface area is 149 Å². The van der Waals surface area contributed by atoms with E-state index in [9.17, 15) is 19.6 Å². The second-order valence-corrected chi connectivity index (χ2v) is 7.08. The van der Waals surface area contributed by atoms with Crippen molar-refractivity contribution in [1.82, 2.24) is 5.01 Å². The number of hydrogen-bond acceptors (Lipinski definition) is 7. The third-order valence-electron chi connectivity index (χ3n) is 3.38. The van der Waals surface area contributed by atoms with E-state index in [1.165, 1.54) is 13.8 Å². The van der Waals surface area contributed by atoms with E-state index in [2.05, 4.69) is 22.9 Å². The number of cyclic esters (lactones) is 1. The standard InChI is InChI=1S/C16H17N3O5S/c1-16(2,25)13(14(20)21)19(18-23)9-11-15(22)24-12(17-11)8-10-6-4-3-5-7-10/h3-7,9,13,25H,8H2,1-2H3,(H,20,21)/b11-9-. The predicted octanol–water partition coefficient (Wildman–Crippen LogP) is 2.17. The average molecular weight is 363 g/mol. The molecular formula is C16H17N3O5S. The van der Waals surface area contributed by atoms with E-state index >= 15 is 0 Å². The number of aliphatic imine (C=N–C) groups is 1. The molecule has 1 unspecified atom stereocenters. The summed E-state index contributed by atoms with van der Waals surface area (Å²) in [7, 11) is 0. The van der Waals surface area contributed by atoms with Gasteiger partial charge in [0, 0.05) is 11.2 Å². The smallest absolute Gasteiger partial charge is 0.365 e. The molecule has 0 radical (unpaired) electrons. The Morgan fingerprint density at radius 3 is 2.60 bits per heavy atom. The molecule has 25 heavy (non-hydrogen) atoms. The first kappa shape index (κ1) is 18.7. The van der Waals surface area contributed by atoms with Crippen LogP contribution < -0.4 is 0 Å². The molecule has 0 saturated carbocycles. The maximum absolute atomic E-state index is 11.9. The highest BCUT2D eigenvalue weighted by atomic mass is 32.1. The first-order valence-electron chi connectivity index (χ1n) is 7.34. The van der Waals surface area contributed by atoms with Gasteiger partial charge in [-0.2, -0.15) is 12.6 Å². The van der Waals surface area contributed by atoms with E-state index in [1.54, 1.807) is 0 Å². The molecular weight excluding hydrogens is 346 g/mol. The van der Waals surface area contributed by atoms with Crippen LogP contribution in [-0.2, 0) is 20.7 Å². The SMILES string of the molecule is CC(C)(S)C(C(=O)O)N(/C=C1\N=C(Cc2ccccc2)OC1=O)N=O. The lowest BCUT2D eigenvalue weighted by molar-refractivity contribution is -0.143. The van der Waals surface area contributed by atoms with Crippen molar-refractivity contribution in [2.24, 2.45) is 10.3 Å². The van der Waals surface area contributed by atoms with Gasteiger partial charge >= 0.3 is 11.9 Å². The van der Waals surface area contributed by atoms with Crippen molar-refractivity contribution >= 4 is 30.5 Å². The van der Waals surface area contributed by atoms with Crippen molar-refractivity contribution in [3.8, 4) is 0 Å². The molecule has 1 aliphatic rings. The van der Waals surface area contributed by atoms with Crippen LogP contribution in [0.15, 0.2) is 52.5 Å². The van der Waals surface area contributed by atoms with Crippen LogP contribution in [0.3, 0.4) is 0 Å². The Bertz CT molecular complexity index is 740.